The van der Waals surface area contributed by atoms with E-state index in [1.807, 2.05) is 0 Å². The fraction of sp³-hybridized carbons (Fsp3) is 0.526. The summed E-state index contributed by atoms with van der Waals surface area (Å²) in [5.41, 5.74) is -3.02. The van der Waals surface area contributed by atoms with E-state index in [1.54, 1.807) is 20.8 Å². The number of methoxy groups -OCH3 is 1. The molecular weight excluding hydrogens is 366 g/mol. The van der Waals surface area contributed by atoms with E-state index in [1.165, 1.54) is 25.3 Å². The summed E-state index contributed by atoms with van der Waals surface area (Å²) in [7, 11) is 1.39. The minimum Gasteiger partial charge on any atom is -0.496 e. The molecule has 0 radical (unpaired) electrons. The molecule has 1 saturated carbocycles. The highest BCUT2D eigenvalue weighted by molar-refractivity contribution is 6.05. The Morgan fingerprint density at radius 3 is 2.21 bits per heavy atom. The van der Waals surface area contributed by atoms with E-state index in [4.69, 9.17) is 4.74 Å². The summed E-state index contributed by atoms with van der Waals surface area (Å²) in [6.07, 6.45) is 0.852. The number of nitro benzene ring substituents is 1. The molecule has 28 heavy (non-hydrogen) atoms. The fourth-order valence-electron chi connectivity index (χ4n) is 4.83. The van der Waals surface area contributed by atoms with Crippen LogP contribution in [0.2, 0.25) is 0 Å². The van der Waals surface area contributed by atoms with E-state index in [0.717, 1.165) is 0 Å². The molecular formula is C19H23N3O6. The summed E-state index contributed by atoms with van der Waals surface area (Å²) in [5, 5.41) is 16.4. The maximum atomic E-state index is 13.1. The second-order valence-electron chi connectivity index (χ2n) is 8.59. The largest absolute Gasteiger partial charge is 0.496 e. The molecule has 2 N–H and O–H groups in total. The predicted molar refractivity (Wildman–Crippen MR) is 99.6 cm³/mol. The number of nitrogens with zero attached hydrogens (tertiary/aromatic N) is 1. The van der Waals surface area contributed by atoms with E-state index in [9.17, 15) is 24.5 Å². The van der Waals surface area contributed by atoms with Crippen molar-refractivity contribution in [1.29, 1.82) is 0 Å². The molecule has 2 fully saturated rings. The molecule has 3 amide bonds. The quantitative estimate of drug-likeness (QED) is 0.462. The van der Waals surface area contributed by atoms with E-state index in [2.05, 4.69) is 10.6 Å². The molecule has 1 heterocycles. The number of carbonyl (C=O) groups is 3. The zero-order valence-electron chi connectivity index (χ0n) is 16.3. The summed E-state index contributed by atoms with van der Waals surface area (Å²) in [6, 6.07) is 4.15. The van der Waals surface area contributed by atoms with Gasteiger partial charge in [-0.25, -0.2) is 0 Å². The van der Waals surface area contributed by atoms with Gasteiger partial charge in [-0.15, -0.1) is 0 Å². The average molecular weight is 389 g/mol. The van der Waals surface area contributed by atoms with E-state index in [0.29, 0.717) is 12.2 Å². The Bertz CT molecular complexity index is 870. The van der Waals surface area contributed by atoms with Crippen molar-refractivity contribution in [3.63, 3.8) is 0 Å². The molecule has 3 rings (SSSR count). The van der Waals surface area contributed by atoms with Crippen LogP contribution < -0.4 is 15.4 Å². The Labute approximate surface area is 162 Å². The molecule has 9 heteroatoms. The van der Waals surface area contributed by atoms with Gasteiger partial charge < -0.3 is 10.1 Å². The monoisotopic (exact) mass is 389 g/mol. The van der Waals surface area contributed by atoms with Gasteiger partial charge in [0.15, 0.2) is 0 Å². The number of rotatable bonds is 4. The van der Waals surface area contributed by atoms with Gasteiger partial charge in [0.2, 0.25) is 17.7 Å². The molecule has 2 unspecified atom stereocenters. The lowest BCUT2D eigenvalue weighted by atomic mass is 9.52. The number of carbonyl (C=O) groups excluding carboxylic acids is 3. The number of anilines is 1. The fourth-order valence-corrected chi connectivity index (χ4v) is 4.83. The van der Waals surface area contributed by atoms with Gasteiger partial charge in [-0.1, -0.05) is 20.8 Å². The first kappa shape index (κ1) is 19.8. The van der Waals surface area contributed by atoms with Gasteiger partial charge in [-0.05, 0) is 31.4 Å². The Balaban J connectivity index is 1.94. The number of nitro groups is 1. The molecule has 0 aromatic heterocycles. The first-order valence-electron chi connectivity index (χ1n) is 8.92. The van der Waals surface area contributed by atoms with Crippen LogP contribution in [0.25, 0.3) is 0 Å². The highest BCUT2D eigenvalue weighted by Crippen LogP contribution is 2.57. The lowest BCUT2D eigenvalue weighted by Crippen LogP contribution is -2.63. The average Bonchev–Trinajstić information content (AvgIpc) is 2.59. The minimum absolute atomic E-state index is 0.0406. The smallest absolute Gasteiger partial charge is 0.296 e. The van der Waals surface area contributed by atoms with E-state index in [-0.39, 0.29) is 36.0 Å². The van der Waals surface area contributed by atoms with Crippen LogP contribution in [-0.4, -0.2) is 29.8 Å². The third kappa shape index (κ3) is 3.10. The number of amides is 3. The maximum absolute atomic E-state index is 13.1. The molecule has 1 saturated heterocycles. The van der Waals surface area contributed by atoms with Gasteiger partial charge in [0.1, 0.15) is 11.4 Å². The molecule has 2 atom stereocenters. The number of fused-ring (bicyclic) bond motifs is 2. The predicted octanol–water partition coefficient (Wildman–Crippen LogP) is 2.40. The lowest BCUT2D eigenvalue weighted by molar-refractivity contribution is -0.384. The molecule has 1 aromatic carbocycles. The van der Waals surface area contributed by atoms with Crippen LogP contribution in [0.3, 0.4) is 0 Å². The van der Waals surface area contributed by atoms with Crippen LogP contribution in [-0.2, 0) is 14.4 Å². The van der Waals surface area contributed by atoms with Gasteiger partial charge in [-0.3, -0.25) is 29.8 Å². The van der Waals surface area contributed by atoms with Crippen molar-refractivity contribution >= 4 is 29.1 Å². The van der Waals surface area contributed by atoms with Crippen LogP contribution in [0.1, 0.15) is 40.0 Å². The minimum atomic E-state index is -1.04. The normalized spacial score (nSPS) is 31.7. The second-order valence-corrected chi connectivity index (χ2v) is 8.59. The Morgan fingerprint density at radius 1 is 1.14 bits per heavy atom. The number of hydrogen-bond acceptors (Lipinski definition) is 6. The van der Waals surface area contributed by atoms with Crippen molar-refractivity contribution in [1.82, 2.24) is 5.32 Å². The molecule has 1 aliphatic heterocycles. The highest BCUT2D eigenvalue weighted by Gasteiger charge is 2.60. The SMILES string of the molecule is COc1ccc(NC(=O)C2(C)CC3(C)CC(C)(C2)C(=O)NC3=O)c([N+](=O)[O-])c1. The van der Waals surface area contributed by atoms with Gasteiger partial charge in [0, 0.05) is 16.2 Å². The van der Waals surface area contributed by atoms with Crippen molar-refractivity contribution in [2.24, 2.45) is 16.2 Å². The number of hydrogen-bond donors (Lipinski definition) is 2. The zero-order valence-corrected chi connectivity index (χ0v) is 16.3. The van der Waals surface area contributed by atoms with Gasteiger partial charge in [-0.2, -0.15) is 0 Å². The van der Waals surface area contributed by atoms with Crippen LogP contribution >= 0.6 is 0 Å². The van der Waals surface area contributed by atoms with Crippen molar-refractivity contribution in [2.75, 3.05) is 12.4 Å². The molecule has 1 aliphatic carbocycles. The highest BCUT2D eigenvalue weighted by atomic mass is 16.6. The molecule has 9 nitrogen and oxygen atoms in total. The van der Waals surface area contributed by atoms with E-state index >= 15 is 0 Å². The summed E-state index contributed by atoms with van der Waals surface area (Å²) in [5.74, 6) is -0.931. The summed E-state index contributed by atoms with van der Waals surface area (Å²) in [6.45, 7) is 5.18. The summed E-state index contributed by atoms with van der Waals surface area (Å²) in [4.78, 5) is 48.7. The maximum Gasteiger partial charge on any atom is 0.296 e. The van der Waals surface area contributed by atoms with E-state index < -0.39 is 27.1 Å². The lowest BCUT2D eigenvalue weighted by Gasteiger charge is -2.53. The number of ether oxygens (including phenoxy) is 1. The summed E-state index contributed by atoms with van der Waals surface area (Å²) < 4.78 is 5.00. The molecule has 1 aromatic rings. The van der Waals surface area contributed by atoms with Crippen LogP contribution in [0.5, 0.6) is 5.75 Å². The second kappa shape index (κ2) is 6.29. The number of nitrogens with one attached hydrogen (secondary N) is 2. The van der Waals surface area contributed by atoms with Gasteiger partial charge in [0.05, 0.1) is 18.1 Å². The van der Waals surface area contributed by atoms with Gasteiger partial charge >= 0.3 is 0 Å². The van der Waals surface area contributed by atoms with Crippen molar-refractivity contribution in [2.45, 2.75) is 40.0 Å². The Morgan fingerprint density at radius 2 is 1.71 bits per heavy atom. The molecule has 150 valence electrons. The van der Waals surface area contributed by atoms with Crippen molar-refractivity contribution in [3.05, 3.63) is 28.3 Å². The van der Waals surface area contributed by atoms with Gasteiger partial charge in [0.25, 0.3) is 5.69 Å². The molecule has 2 bridgehead atoms. The van der Waals surface area contributed by atoms with Crippen molar-refractivity contribution in [3.8, 4) is 5.75 Å². The summed E-state index contributed by atoms with van der Waals surface area (Å²) >= 11 is 0. The number of benzene rings is 1. The van der Waals surface area contributed by atoms with Crippen molar-refractivity contribution < 1.29 is 24.0 Å². The number of piperidine rings is 1. The van der Waals surface area contributed by atoms with Crippen LogP contribution in [0.4, 0.5) is 11.4 Å². The van der Waals surface area contributed by atoms with Crippen LogP contribution in [0.15, 0.2) is 18.2 Å². The number of imide groups is 1. The zero-order chi connectivity index (χ0) is 20.9. The van der Waals surface area contributed by atoms with Crippen LogP contribution in [0, 0.1) is 26.4 Å². The Kier molecular flexibility index (Phi) is 4.44. The first-order valence-corrected chi connectivity index (χ1v) is 8.92. The molecule has 0 spiro atoms. The third-order valence-electron chi connectivity index (χ3n) is 5.86. The third-order valence-corrected chi connectivity index (χ3v) is 5.86. The first-order chi connectivity index (χ1) is 12.9. The topological polar surface area (TPSA) is 128 Å². The molecule has 2 aliphatic rings. The Hall–Kier alpha value is -2.97. The standard InChI is InChI=1S/C19H23N3O6/c1-17(8-18(2)10-19(3,9-17)16(25)21-15(18)24)14(23)20-12-6-5-11(28-4)7-13(12)22(26)27/h5-7H,8-10H2,1-4H3,(H,20,23)(H,21,24,25).